The molecular formula is C14H12O. The smallest absolute Gasteiger partial charge is 0.189 e. The third-order valence-corrected chi connectivity index (χ3v) is 2.48. The van der Waals surface area contributed by atoms with Crippen LogP contribution in [0.2, 0.25) is 0 Å². The summed E-state index contributed by atoms with van der Waals surface area (Å²) in [4.78, 5) is 12.0. The molecule has 1 aromatic rings. The molecule has 0 N–H and O–H groups in total. The third-order valence-electron chi connectivity index (χ3n) is 2.48. The molecule has 0 saturated carbocycles. The van der Waals surface area contributed by atoms with Crippen molar-refractivity contribution in [2.45, 2.75) is 0 Å². The number of Topliss-reactive ketones (excluding diaryl/α,β-unsaturated/α-hetero) is 1. The van der Waals surface area contributed by atoms with Crippen LogP contribution in [0.15, 0.2) is 66.8 Å². The van der Waals surface area contributed by atoms with Crippen molar-refractivity contribution in [3.8, 4) is 0 Å². The predicted octanol–water partition coefficient (Wildman–Crippen LogP) is 3.17. The number of hydrogen-bond acceptors (Lipinski definition) is 1. The van der Waals surface area contributed by atoms with Crippen molar-refractivity contribution in [1.82, 2.24) is 0 Å². The first kappa shape index (κ1) is 9.66. The molecule has 0 heterocycles. The molecule has 0 spiro atoms. The number of carbonyl (C=O) groups excluding carboxylic acids is 1. The van der Waals surface area contributed by atoms with E-state index in [1.807, 2.05) is 54.6 Å². The van der Waals surface area contributed by atoms with Gasteiger partial charge < -0.3 is 0 Å². The van der Waals surface area contributed by atoms with Gasteiger partial charge >= 0.3 is 0 Å². The van der Waals surface area contributed by atoms with Gasteiger partial charge in [-0.15, -0.1) is 0 Å². The minimum Gasteiger partial charge on any atom is -0.289 e. The van der Waals surface area contributed by atoms with Crippen molar-refractivity contribution in [3.05, 3.63) is 72.4 Å². The van der Waals surface area contributed by atoms with E-state index >= 15 is 0 Å². The molecule has 0 saturated heterocycles. The Kier molecular flexibility index (Phi) is 2.64. The number of carbonyl (C=O) groups is 1. The Hall–Kier alpha value is -1.89. The SMILES string of the molecule is C=C(C(=O)c1ccccc1)C1C=CC=C1. The summed E-state index contributed by atoms with van der Waals surface area (Å²) in [6.45, 7) is 3.86. The van der Waals surface area contributed by atoms with Gasteiger partial charge in [-0.1, -0.05) is 61.2 Å². The van der Waals surface area contributed by atoms with E-state index in [0.717, 1.165) is 0 Å². The highest BCUT2D eigenvalue weighted by molar-refractivity contribution is 6.09. The fourth-order valence-corrected chi connectivity index (χ4v) is 1.59. The van der Waals surface area contributed by atoms with Crippen LogP contribution in [0.3, 0.4) is 0 Å². The molecule has 0 aromatic heterocycles. The number of rotatable bonds is 3. The molecule has 0 bridgehead atoms. The molecule has 0 aliphatic heterocycles. The predicted molar refractivity (Wildman–Crippen MR) is 61.7 cm³/mol. The van der Waals surface area contributed by atoms with Gasteiger partial charge in [0.05, 0.1) is 0 Å². The summed E-state index contributed by atoms with van der Waals surface area (Å²) in [7, 11) is 0. The minimum absolute atomic E-state index is 0.0248. The minimum atomic E-state index is 0.0248. The van der Waals surface area contributed by atoms with Crippen molar-refractivity contribution in [2.75, 3.05) is 0 Å². The normalized spacial score (nSPS) is 14.4. The Balaban J connectivity index is 2.19. The van der Waals surface area contributed by atoms with Crippen molar-refractivity contribution >= 4 is 5.78 Å². The van der Waals surface area contributed by atoms with E-state index in [4.69, 9.17) is 0 Å². The van der Waals surface area contributed by atoms with E-state index < -0.39 is 0 Å². The van der Waals surface area contributed by atoms with Crippen LogP contribution < -0.4 is 0 Å². The van der Waals surface area contributed by atoms with Gasteiger partial charge in [0.25, 0.3) is 0 Å². The summed E-state index contributed by atoms with van der Waals surface area (Å²) in [5.41, 5.74) is 1.34. The van der Waals surface area contributed by atoms with E-state index in [1.54, 1.807) is 0 Å². The van der Waals surface area contributed by atoms with Gasteiger partial charge in [-0.05, 0) is 0 Å². The molecule has 1 aromatic carbocycles. The Morgan fingerprint density at radius 2 is 1.67 bits per heavy atom. The topological polar surface area (TPSA) is 17.1 Å². The monoisotopic (exact) mass is 196 g/mol. The van der Waals surface area contributed by atoms with Gasteiger partial charge in [0.1, 0.15) is 0 Å². The molecular weight excluding hydrogens is 184 g/mol. The van der Waals surface area contributed by atoms with Crippen molar-refractivity contribution in [3.63, 3.8) is 0 Å². The molecule has 0 atom stereocenters. The van der Waals surface area contributed by atoms with Crippen molar-refractivity contribution in [2.24, 2.45) is 5.92 Å². The molecule has 0 radical (unpaired) electrons. The zero-order valence-electron chi connectivity index (χ0n) is 8.39. The second kappa shape index (κ2) is 4.09. The lowest BCUT2D eigenvalue weighted by molar-refractivity contribution is 0.102. The fraction of sp³-hybridized carbons (Fsp3) is 0.0714. The van der Waals surface area contributed by atoms with Crippen LogP contribution in [0, 0.1) is 5.92 Å². The van der Waals surface area contributed by atoms with E-state index in [2.05, 4.69) is 6.58 Å². The van der Waals surface area contributed by atoms with Crippen molar-refractivity contribution in [1.29, 1.82) is 0 Å². The average Bonchev–Trinajstić information content (AvgIpc) is 2.82. The van der Waals surface area contributed by atoms with E-state index in [0.29, 0.717) is 11.1 Å². The maximum atomic E-state index is 12.0. The van der Waals surface area contributed by atoms with Crippen LogP contribution in [0.5, 0.6) is 0 Å². The van der Waals surface area contributed by atoms with Crippen LogP contribution in [0.1, 0.15) is 10.4 Å². The zero-order chi connectivity index (χ0) is 10.7. The molecule has 74 valence electrons. The van der Waals surface area contributed by atoms with Gasteiger partial charge in [-0.2, -0.15) is 0 Å². The molecule has 0 fully saturated rings. The number of allylic oxidation sites excluding steroid dienone is 5. The van der Waals surface area contributed by atoms with Crippen LogP contribution in [0.4, 0.5) is 0 Å². The molecule has 1 heteroatoms. The number of benzene rings is 1. The van der Waals surface area contributed by atoms with E-state index in [9.17, 15) is 4.79 Å². The highest BCUT2D eigenvalue weighted by atomic mass is 16.1. The molecule has 15 heavy (non-hydrogen) atoms. The van der Waals surface area contributed by atoms with Crippen LogP contribution in [-0.2, 0) is 0 Å². The van der Waals surface area contributed by atoms with Crippen LogP contribution in [-0.4, -0.2) is 5.78 Å². The maximum absolute atomic E-state index is 12.0. The van der Waals surface area contributed by atoms with Crippen molar-refractivity contribution < 1.29 is 4.79 Å². The van der Waals surface area contributed by atoms with E-state index in [1.165, 1.54) is 0 Å². The largest absolute Gasteiger partial charge is 0.289 e. The highest BCUT2D eigenvalue weighted by Crippen LogP contribution is 2.21. The third kappa shape index (κ3) is 1.96. The Bertz CT molecular complexity index is 426. The molecule has 0 unspecified atom stereocenters. The summed E-state index contributed by atoms with van der Waals surface area (Å²) in [6.07, 6.45) is 7.83. The first-order valence-corrected chi connectivity index (χ1v) is 4.92. The summed E-state index contributed by atoms with van der Waals surface area (Å²) >= 11 is 0. The van der Waals surface area contributed by atoms with Crippen LogP contribution in [0.25, 0.3) is 0 Å². The summed E-state index contributed by atoms with van der Waals surface area (Å²) in [5, 5.41) is 0. The van der Waals surface area contributed by atoms with Gasteiger partial charge in [0.2, 0.25) is 0 Å². The second-order valence-electron chi connectivity index (χ2n) is 3.52. The first-order chi connectivity index (χ1) is 7.29. The molecule has 2 rings (SSSR count). The summed E-state index contributed by atoms with van der Waals surface area (Å²) in [5.74, 6) is 0.0921. The molecule has 1 aliphatic carbocycles. The number of hydrogen-bond donors (Lipinski definition) is 0. The Morgan fingerprint density at radius 3 is 2.27 bits per heavy atom. The quantitative estimate of drug-likeness (QED) is 0.536. The zero-order valence-corrected chi connectivity index (χ0v) is 8.39. The van der Waals surface area contributed by atoms with Crippen LogP contribution >= 0.6 is 0 Å². The Morgan fingerprint density at radius 1 is 1.07 bits per heavy atom. The molecule has 1 aliphatic rings. The highest BCUT2D eigenvalue weighted by Gasteiger charge is 2.16. The molecule has 0 amide bonds. The number of ketones is 1. The van der Waals surface area contributed by atoms with Gasteiger partial charge in [-0.3, -0.25) is 4.79 Å². The second-order valence-corrected chi connectivity index (χ2v) is 3.52. The fourth-order valence-electron chi connectivity index (χ4n) is 1.59. The van der Waals surface area contributed by atoms with Gasteiger partial charge in [-0.25, -0.2) is 0 Å². The average molecular weight is 196 g/mol. The summed E-state index contributed by atoms with van der Waals surface area (Å²) in [6, 6.07) is 9.25. The summed E-state index contributed by atoms with van der Waals surface area (Å²) < 4.78 is 0. The van der Waals surface area contributed by atoms with E-state index in [-0.39, 0.29) is 11.7 Å². The lowest BCUT2D eigenvalue weighted by Gasteiger charge is -2.08. The lowest BCUT2D eigenvalue weighted by Crippen LogP contribution is -2.08. The molecule has 1 nitrogen and oxygen atoms in total. The lowest BCUT2D eigenvalue weighted by atomic mass is 9.94. The van der Waals surface area contributed by atoms with Gasteiger partial charge in [0.15, 0.2) is 5.78 Å². The first-order valence-electron chi connectivity index (χ1n) is 4.92. The van der Waals surface area contributed by atoms with Gasteiger partial charge in [0, 0.05) is 17.1 Å². The Labute approximate surface area is 89.4 Å². The standard InChI is InChI=1S/C14H12O/c1-11(12-7-5-6-8-12)14(15)13-9-3-2-4-10-13/h2-10,12H,1H2. The maximum Gasteiger partial charge on any atom is 0.189 e.